The Labute approximate surface area is 78.3 Å². The second-order valence-electron chi connectivity index (χ2n) is 2.14. The molecule has 0 atom stereocenters. The van der Waals surface area contributed by atoms with Crippen molar-refractivity contribution in [1.29, 1.82) is 5.26 Å². The minimum absolute atomic E-state index is 0.0440. The third-order valence-corrected chi connectivity index (χ3v) is 1.91. The molecule has 0 spiro atoms. The summed E-state index contributed by atoms with van der Waals surface area (Å²) >= 11 is 3.24. The molecule has 0 radical (unpaired) electrons. The van der Waals surface area contributed by atoms with E-state index in [0.717, 1.165) is 4.47 Å². The fraction of sp³-hybridized carbons (Fsp3) is 0. The molecule has 0 bridgehead atoms. The molecule has 0 amide bonds. The van der Waals surface area contributed by atoms with Crippen molar-refractivity contribution in [1.82, 2.24) is 0 Å². The van der Waals surface area contributed by atoms with Gasteiger partial charge in [-0.05, 0) is 17.7 Å². The number of halogens is 2. The largest absolute Gasteiger partial charge is 0.214 e. The molecule has 0 saturated heterocycles. The lowest BCUT2D eigenvalue weighted by molar-refractivity contribution is 0.725. The first-order valence-corrected chi connectivity index (χ1v) is 4.03. The van der Waals surface area contributed by atoms with Gasteiger partial charge in [-0.2, -0.15) is 5.26 Å². The van der Waals surface area contributed by atoms with Crippen LogP contribution in [0.25, 0.3) is 5.57 Å². The van der Waals surface area contributed by atoms with E-state index in [1.54, 1.807) is 30.3 Å². The first-order valence-electron chi connectivity index (χ1n) is 3.24. The molecule has 0 fully saturated rings. The molecule has 0 aliphatic carbocycles. The molecule has 60 valence electrons. The Morgan fingerprint density at radius 1 is 1.42 bits per heavy atom. The van der Waals surface area contributed by atoms with Crippen LogP contribution in [0.1, 0.15) is 5.56 Å². The van der Waals surface area contributed by atoms with E-state index >= 15 is 0 Å². The van der Waals surface area contributed by atoms with Gasteiger partial charge in [0.05, 0.1) is 5.57 Å². The molecule has 1 nitrogen and oxygen atoms in total. The molecule has 0 N–H and O–H groups in total. The number of benzene rings is 1. The fourth-order valence-electron chi connectivity index (χ4n) is 0.781. The number of rotatable bonds is 1. The topological polar surface area (TPSA) is 23.8 Å². The SMILES string of the molecule is N#C/C(=C\F)c1ccc(Br)cc1. The number of allylic oxidation sites excluding steroid dienone is 1. The first kappa shape index (κ1) is 8.95. The Balaban J connectivity index is 3.06. The summed E-state index contributed by atoms with van der Waals surface area (Å²) in [5.41, 5.74) is 0.630. The normalized spacial score (nSPS) is 10.9. The maximum absolute atomic E-state index is 12.0. The zero-order chi connectivity index (χ0) is 8.97. The van der Waals surface area contributed by atoms with Crippen LogP contribution in [0.4, 0.5) is 4.39 Å². The third kappa shape index (κ3) is 1.93. The average Bonchev–Trinajstić information content (AvgIpc) is 2.10. The van der Waals surface area contributed by atoms with Crippen molar-refractivity contribution in [3.05, 3.63) is 40.6 Å². The van der Waals surface area contributed by atoms with Crippen LogP contribution in [0.5, 0.6) is 0 Å². The van der Waals surface area contributed by atoms with Gasteiger partial charge in [0.15, 0.2) is 0 Å². The van der Waals surface area contributed by atoms with E-state index in [1.807, 2.05) is 0 Å². The van der Waals surface area contributed by atoms with E-state index < -0.39 is 0 Å². The highest BCUT2D eigenvalue weighted by Crippen LogP contribution is 2.17. The number of nitrogens with zero attached hydrogens (tertiary/aromatic N) is 1. The van der Waals surface area contributed by atoms with Crippen LogP contribution in [-0.4, -0.2) is 0 Å². The van der Waals surface area contributed by atoms with Crippen molar-refractivity contribution in [3.8, 4) is 6.07 Å². The van der Waals surface area contributed by atoms with Crippen LogP contribution in [0.3, 0.4) is 0 Å². The Bertz CT molecular complexity index is 335. The van der Waals surface area contributed by atoms with E-state index in [2.05, 4.69) is 15.9 Å². The molecule has 0 unspecified atom stereocenters. The summed E-state index contributed by atoms with van der Waals surface area (Å²) in [6.45, 7) is 0. The molecule has 0 saturated carbocycles. The molecule has 1 aromatic rings. The molecule has 1 rings (SSSR count). The highest BCUT2D eigenvalue weighted by Gasteiger charge is 1.98. The van der Waals surface area contributed by atoms with E-state index in [1.165, 1.54) is 0 Å². The zero-order valence-corrected chi connectivity index (χ0v) is 7.68. The van der Waals surface area contributed by atoms with Crippen molar-refractivity contribution in [3.63, 3.8) is 0 Å². The second kappa shape index (κ2) is 4.03. The van der Waals surface area contributed by atoms with Gasteiger partial charge in [0.1, 0.15) is 12.4 Å². The van der Waals surface area contributed by atoms with Gasteiger partial charge in [-0.25, -0.2) is 4.39 Å². The summed E-state index contributed by atoms with van der Waals surface area (Å²) in [6, 6.07) is 8.64. The highest BCUT2D eigenvalue weighted by atomic mass is 79.9. The van der Waals surface area contributed by atoms with Crippen molar-refractivity contribution in [2.24, 2.45) is 0 Å². The predicted octanol–water partition coefficient (Wildman–Crippen LogP) is 3.28. The molecule has 0 heterocycles. The van der Waals surface area contributed by atoms with Gasteiger partial charge in [-0.15, -0.1) is 0 Å². The van der Waals surface area contributed by atoms with Gasteiger partial charge in [0.2, 0.25) is 0 Å². The number of hydrogen-bond donors (Lipinski definition) is 0. The van der Waals surface area contributed by atoms with Gasteiger partial charge >= 0.3 is 0 Å². The van der Waals surface area contributed by atoms with Crippen molar-refractivity contribution in [2.45, 2.75) is 0 Å². The van der Waals surface area contributed by atoms with Crippen molar-refractivity contribution in [2.75, 3.05) is 0 Å². The Kier molecular flexibility index (Phi) is 3.01. The van der Waals surface area contributed by atoms with E-state index in [9.17, 15) is 4.39 Å². The summed E-state index contributed by atoms with van der Waals surface area (Å²) in [5.74, 6) is 0. The Morgan fingerprint density at radius 2 is 2.00 bits per heavy atom. The smallest absolute Gasteiger partial charge is 0.105 e. The summed E-state index contributed by atoms with van der Waals surface area (Å²) in [4.78, 5) is 0. The first-order chi connectivity index (χ1) is 5.77. The molecule has 3 heteroatoms. The standard InChI is InChI=1S/C9H5BrFN/c10-9-3-1-7(2-4-9)8(5-11)6-12/h1-5H/b8-5+. The van der Waals surface area contributed by atoms with Crippen LogP contribution in [0.2, 0.25) is 0 Å². The molecule has 0 aliphatic heterocycles. The van der Waals surface area contributed by atoms with Gasteiger partial charge in [-0.1, -0.05) is 28.1 Å². The molecular formula is C9H5BrFN. The van der Waals surface area contributed by atoms with Gasteiger partial charge in [0.25, 0.3) is 0 Å². The predicted molar refractivity (Wildman–Crippen MR) is 48.8 cm³/mol. The molecule has 12 heavy (non-hydrogen) atoms. The molecule has 1 aromatic carbocycles. The minimum atomic E-state index is 0.0440. The number of hydrogen-bond acceptors (Lipinski definition) is 1. The van der Waals surface area contributed by atoms with Crippen molar-refractivity contribution >= 4 is 21.5 Å². The minimum Gasteiger partial charge on any atom is -0.214 e. The monoisotopic (exact) mass is 225 g/mol. The van der Waals surface area contributed by atoms with Gasteiger partial charge in [0, 0.05) is 4.47 Å². The van der Waals surface area contributed by atoms with Crippen molar-refractivity contribution < 1.29 is 4.39 Å². The highest BCUT2D eigenvalue weighted by molar-refractivity contribution is 9.10. The fourth-order valence-corrected chi connectivity index (χ4v) is 1.05. The summed E-state index contributed by atoms with van der Waals surface area (Å²) in [7, 11) is 0. The molecule has 0 aromatic heterocycles. The summed E-state index contributed by atoms with van der Waals surface area (Å²) in [5, 5.41) is 8.48. The quantitative estimate of drug-likeness (QED) is 0.674. The van der Waals surface area contributed by atoms with Crippen LogP contribution < -0.4 is 0 Å². The second-order valence-corrected chi connectivity index (χ2v) is 3.06. The summed E-state index contributed by atoms with van der Waals surface area (Å²) < 4.78 is 13.0. The van der Waals surface area contributed by atoms with Crippen LogP contribution >= 0.6 is 15.9 Å². The summed E-state index contributed by atoms with van der Waals surface area (Å²) in [6.07, 6.45) is 0.309. The Hall–Kier alpha value is -1.14. The zero-order valence-electron chi connectivity index (χ0n) is 6.09. The maximum Gasteiger partial charge on any atom is 0.105 e. The van der Waals surface area contributed by atoms with Crippen LogP contribution in [-0.2, 0) is 0 Å². The lowest BCUT2D eigenvalue weighted by atomic mass is 10.1. The van der Waals surface area contributed by atoms with E-state index in [0.29, 0.717) is 11.9 Å². The lowest BCUT2D eigenvalue weighted by Crippen LogP contribution is -1.78. The maximum atomic E-state index is 12.0. The van der Waals surface area contributed by atoms with E-state index in [-0.39, 0.29) is 5.57 Å². The lowest BCUT2D eigenvalue weighted by Gasteiger charge is -1.95. The average molecular weight is 226 g/mol. The van der Waals surface area contributed by atoms with Gasteiger partial charge in [-0.3, -0.25) is 0 Å². The number of nitriles is 1. The Morgan fingerprint density at radius 3 is 2.42 bits per heavy atom. The van der Waals surface area contributed by atoms with Crippen LogP contribution in [0, 0.1) is 11.3 Å². The third-order valence-electron chi connectivity index (χ3n) is 1.38. The van der Waals surface area contributed by atoms with Crippen LogP contribution in [0.15, 0.2) is 35.1 Å². The van der Waals surface area contributed by atoms with E-state index in [4.69, 9.17) is 5.26 Å². The van der Waals surface area contributed by atoms with Gasteiger partial charge < -0.3 is 0 Å². The molecule has 0 aliphatic rings. The molecular weight excluding hydrogens is 221 g/mol.